The summed E-state index contributed by atoms with van der Waals surface area (Å²) in [5.41, 5.74) is 2.69. The lowest BCUT2D eigenvalue weighted by atomic mass is 10.0. The molecule has 0 N–H and O–H groups in total. The summed E-state index contributed by atoms with van der Waals surface area (Å²) < 4.78 is 13.8. The van der Waals surface area contributed by atoms with Gasteiger partial charge in [0.25, 0.3) is 0 Å². The van der Waals surface area contributed by atoms with Crippen molar-refractivity contribution in [3.8, 4) is 11.1 Å². The highest BCUT2D eigenvalue weighted by Gasteiger charge is 2.22. The first-order valence-corrected chi connectivity index (χ1v) is 10.7. The Morgan fingerprint density at radius 1 is 1.04 bits per heavy atom. The quantitative estimate of drug-likeness (QED) is 0.607. The molecule has 1 aliphatic rings. The molecule has 1 aromatic heterocycles. The monoisotopic (exact) mass is 432 g/mol. The van der Waals surface area contributed by atoms with Gasteiger partial charge >= 0.3 is 0 Å². The predicted molar refractivity (Wildman–Crippen MR) is 117 cm³/mol. The number of hydrogen-bond donors (Lipinski definition) is 0. The number of anilines is 1. The van der Waals surface area contributed by atoms with E-state index in [4.69, 9.17) is 23.2 Å². The Bertz CT molecular complexity index is 1050. The minimum Gasteiger partial charge on any atom is -0.353 e. The molecule has 2 heterocycles. The number of aromatic nitrogens is 2. The van der Waals surface area contributed by atoms with Crippen molar-refractivity contribution < 1.29 is 4.21 Å². The molecule has 144 valence electrons. The number of benzene rings is 2. The van der Waals surface area contributed by atoms with Gasteiger partial charge in [-0.25, -0.2) is 18.5 Å². The van der Waals surface area contributed by atoms with Crippen LogP contribution in [0.5, 0.6) is 0 Å². The first-order valence-electron chi connectivity index (χ1n) is 8.80. The fraction of sp³-hybridized carbons (Fsp3) is 0.200. The first kappa shape index (κ1) is 19.3. The van der Waals surface area contributed by atoms with Gasteiger partial charge in [0, 0.05) is 47.6 Å². The summed E-state index contributed by atoms with van der Waals surface area (Å²) in [6, 6.07) is 11.5. The highest BCUT2D eigenvalue weighted by molar-refractivity contribution is 7.85. The van der Waals surface area contributed by atoms with Crippen LogP contribution >= 0.6 is 23.2 Å². The van der Waals surface area contributed by atoms with Crippen LogP contribution < -0.4 is 4.90 Å². The van der Waals surface area contributed by atoms with Crippen LogP contribution in [-0.2, 0) is 11.0 Å². The molecule has 28 heavy (non-hydrogen) atoms. The van der Waals surface area contributed by atoms with E-state index in [0.29, 0.717) is 23.1 Å². The molecule has 1 unspecified atom stereocenters. The number of hydrogen-bond acceptors (Lipinski definition) is 4. The molecule has 0 saturated carbocycles. The smallest absolute Gasteiger partial charge is 0.139 e. The van der Waals surface area contributed by atoms with Crippen molar-refractivity contribution in [3.63, 3.8) is 0 Å². The van der Waals surface area contributed by atoms with E-state index in [2.05, 4.69) is 21.4 Å². The van der Waals surface area contributed by atoms with Gasteiger partial charge in [0.05, 0.1) is 10.5 Å². The van der Waals surface area contributed by atoms with Crippen molar-refractivity contribution in [3.05, 3.63) is 64.8 Å². The predicted octanol–water partition coefficient (Wildman–Crippen LogP) is 4.53. The summed E-state index contributed by atoms with van der Waals surface area (Å²) in [5.74, 6) is 0.862. The number of fused-ring (bicyclic) bond motifs is 1. The second kappa shape index (κ2) is 8.17. The molecule has 2 aromatic carbocycles. The lowest BCUT2D eigenvalue weighted by Gasteiger charge is -2.34. The number of nitrogens with zero attached hydrogens (tertiary/aromatic N) is 4. The molecular formula is C20H18Cl2N4OS. The summed E-state index contributed by atoms with van der Waals surface area (Å²) in [6.45, 7) is 6.43. The van der Waals surface area contributed by atoms with Gasteiger partial charge in [-0.2, -0.15) is 0 Å². The average Bonchev–Trinajstić information content (AvgIpc) is 2.73. The Morgan fingerprint density at radius 2 is 1.75 bits per heavy atom. The van der Waals surface area contributed by atoms with E-state index in [1.807, 2.05) is 40.7 Å². The second-order valence-electron chi connectivity index (χ2n) is 6.41. The van der Waals surface area contributed by atoms with Gasteiger partial charge < -0.3 is 4.90 Å². The molecule has 0 aliphatic carbocycles. The number of rotatable bonds is 4. The molecule has 1 fully saturated rings. The van der Waals surface area contributed by atoms with E-state index in [9.17, 15) is 4.21 Å². The van der Waals surface area contributed by atoms with Crippen molar-refractivity contribution in [1.29, 1.82) is 0 Å². The third-order valence-corrected chi connectivity index (χ3v) is 6.52. The van der Waals surface area contributed by atoms with E-state index in [-0.39, 0.29) is 0 Å². The third kappa shape index (κ3) is 3.78. The molecule has 1 atom stereocenters. The highest BCUT2D eigenvalue weighted by Crippen LogP contribution is 2.35. The Morgan fingerprint density at radius 3 is 2.43 bits per heavy atom. The van der Waals surface area contributed by atoms with Gasteiger partial charge in [-0.1, -0.05) is 41.9 Å². The van der Waals surface area contributed by atoms with Gasteiger partial charge in [-0.3, -0.25) is 0 Å². The van der Waals surface area contributed by atoms with E-state index in [0.717, 1.165) is 40.9 Å². The molecule has 8 heteroatoms. The van der Waals surface area contributed by atoms with Crippen LogP contribution in [0.15, 0.2) is 54.7 Å². The number of piperazine rings is 1. The van der Waals surface area contributed by atoms with Gasteiger partial charge in [-0.15, -0.1) is 0 Å². The number of halogens is 2. The van der Waals surface area contributed by atoms with Crippen molar-refractivity contribution in [2.75, 3.05) is 31.1 Å². The Labute approximate surface area is 176 Å². The minimum atomic E-state index is -1.14. The average molecular weight is 433 g/mol. The summed E-state index contributed by atoms with van der Waals surface area (Å²) in [5, 5.41) is 3.72. The molecule has 4 rings (SSSR count). The van der Waals surface area contributed by atoms with E-state index in [1.54, 1.807) is 6.33 Å². The maximum absolute atomic E-state index is 11.9. The standard InChI is InChI=1S/C20H18Cl2N4OS/c1-2-28(27)26-9-7-25(8-10-26)20-17-11-16(14-3-5-15(21)6-4-14)18(22)12-19(17)23-13-24-20/h2-6,11-13H,1,7-10H2. The van der Waals surface area contributed by atoms with E-state index < -0.39 is 11.0 Å². The van der Waals surface area contributed by atoms with E-state index in [1.165, 1.54) is 5.41 Å². The molecule has 1 aliphatic heterocycles. The molecule has 3 aromatic rings. The molecule has 1 saturated heterocycles. The Kier molecular flexibility index (Phi) is 5.64. The van der Waals surface area contributed by atoms with Crippen LogP contribution in [0.3, 0.4) is 0 Å². The van der Waals surface area contributed by atoms with Crippen molar-refractivity contribution >= 4 is 50.9 Å². The van der Waals surface area contributed by atoms with Gasteiger partial charge in [-0.05, 0) is 29.8 Å². The molecule has 0 spiro atoms. The molecule has 5 nitrogen and oxygen atoms in total. The highest BCUT2D eigenvalue weighted by atomic mass is 35.5. The van der Waals surface area contributed by atoms with Crippen LogP contribution in [0.2, 0.25) is 10.0 Å². The zero-order valence-corrected chi connectivity index (χ0v) is 17.3. The lowest BCUT2D eigenvalue weighted by Crippen LogP contribution is -2.46. The van der Waals surface area contributed by atoms with Crippen LogP contribution in [0, 0.1) is 0 Å². The van der Waals surface area contributed by atoms with Crippen LogP contribution in [0.4, 0.5) is 5.82 Å². The van der Waals surface area contributed by atoms with Crippen molar-refractivity contribution in [2.24, 2.45) is 0 Å². The van der Waals surface area contributed by atoms with Crippen LogP contribution in [0.1, 0.15) is 0 Å². The zero-order valence-electron chi connectivity index (χ0n) is 15.0. The fourth-order valence-corrected chi connectivity index (χ4v) is 4.48. The Balaban J connectivity index is 1.72. The van der Waals surface area contributed by atoms with E-state index >= 15 is 0 Å². The molecule has 0 bridgehead atoms. The summed E-state index contributed by atoms with van der Waals surface area (Å²) in [7, 11) is -1.14. The first-order chi connectivity index (χ1) is 13.6. The minimum absolute atomic E-state index is 0.630. The fourth-order valence-electron chi connectivity index (χ4n) is 3.35. The van der Waals surface area contributed by atoms with Crippen molar-refractivity contribution in [2.45, 2.75) is 0 Å². The topological polar surface area (TPSA) is 49.3 Å². The zero-order chi connectivity index (χ0) is 19.7. The second-order valence-corrected chi connectivity index (χ2v) is 8.66. The summed E-state index contributed by atoms with van der Waals surface area (Å²) >= 11 is 12.5. The lowest BCUT2D eigenvalue weighted by molar-refractivity contribution is 0.412. The molecule has 0 amide bonds. The largest absolute Gasteiger partial charge is 0.353 e. The van der Waals surface area contributed by atoms with Crippen molar-refractivity contribution in [1.82, 2.24) is 14.3 Å². The van der Waals surface area contributed by atoms with Gasteiger partial charge in [0.1, 0.15) is 23.1 Å². The third-order valence-electron chi connectivity index (χ3n) is 4.79. The maximum atomic E-state index is 11.9. The Hall–Kier alpha value is -1.99. The summed E-state index contributed by atoms with van der Waals surface area (Å²) in [6.07, 6.45) is 1.56. The van der Waals surface area contributed by atoms with Crippen LogP contribution in [-0.4, -0.2) is 44.7 Å². The summed E-state index contributed by atoms with van der Waals surface area (Å²) in [4.78, 5) is 11.1. The van der Waals surface area contributed by atoms with Gasteiger partial charge in [0.15, 0.2) is 0 Å². The van der Waals surface area contributed by atoms with Gasteiger partial charge in [0.2, 0.25) is 0 Å². The molecular weight excluding hydrogens is 415 g/mol. The maximum Gasteiger partial charge on any atom is 0.139 e. The van der Waals surface area contributed by atoms with Crippen LogP contribution in [0.25, 0.3) is 22.0 Å². The SMILES string of the molecule is C=CS(=O)N1CCN(c2ncnc3cc(Cl)c(-c4ccc(Cl)cc4)cc23)CC1. The normalized spacial score (nSPS) is 16.3. The molecule has 0 radical (unpaired) electrons.